The molecule has 0 spiro atoms. The highest BCUT2D eigenvalue weighted by Crippen LogP contribution is 2.21. The zero-order valence-corrected chi connectivity index (χ0v) is 13.0. The molecule has 0 radical (unpaired) electrons. The van der Waals surface area contributed by atoms with Gasteiger partial charge in [0, 0.05) is 6.61 Å². The van der Waals surface area contributed by atoms with Crippen LogP contribution in [0.15, 0.2) is 12.2 Å². The van der Waals surface area contributed by atoms with E-state index in [4.69, 9.17) is 14.6 Å². The lowest BCUT2D eigenvalue weighted by molar-refractivity contribution is -0.0937. The molecule has 0 bridgehead atoms. The van der Waals surface area contributed by atoms with Crippen molar-refractivity contribution in [3.05, 3.63) is 12.2 Å². The van der Waals surface area contributed by atoms with Gasteiger partial charge in [0.25, 0.3) is 0 Å². The molecular weight excluding hydrogens is 272 g/mol. The van der Waals surface area contributed by atoms with Gasteiger partial charge < -0.3 is 24.8 Å². The molecule has 1 aliphatic heterocycles. The second-order valence-corrected chi connectivity index (χ2v) is 5.56. The van der Waals surface area contributed by atoms with Gasteiger partial charge in [0.1, 0.15) is 24.4 Å². The maximum absolute atomic E-state index is 9.78. The Morgan fingerprint density at radius 3 is 2.71 bits per heavy atom. The molecule has 4 atom stereocenters. The Hall–Kier alpha value is -0.460. The van der Waals surface area contributed by atoms with Crippen molar-refractivity contribution in [1.82, 2.24) is 0 Å². The number of hydrogen-bond donors (Lipinski definition) is 3. The van der Waals surface area contributed by atoms with Crippen LogP contribution in [0.5, 0.6) is 0 Å². The standard InChI is InChI=1S/C16H30O5/c1-2-3-4-5-6-7-8-9-10-20-16-14(19)12-21-15(16)13(18)11-17/h4-5,13-19H,2-3,6-12H2,1H3/b5-4+/t13-,14+,15+,16+/m0/s1. The van der Waals surface area contributed by atoms with Crippen LogP contribution >= 0.6 is 0 Å². The lowest BCUT2D eigenvalue weighted by Gasteiger charge is -2.23. The number of hydrogen-bond acceptors (Lipinski definition) is 5. The fraction of sp³-hybridized carbons (Fsp3) is 0.875. The first kappa shape index (κ1) is 18.6. The van der Waals surface area contributed by atoms with E-state index in [-0.39, 0.29) is 13.2 Å². The fourth-order valence-corrected chi connectivity index (χ4v) is 2.42. The van der Waals surface area contributed by atoms with E-state index < -0.39 is 24.4 Å². The molecule has 1 heterocycles. The first-order valence-electron chi connectivity index (χ1n) is 8.05. The fourth-order valence-electron chi connectivity index (χ4n) is 2.42. The maximum Gasteiger partial charge on any atom is 0.114 e. The van der Waals surface area contributed by atoms with Crippen LogP contribution in [-0.4, -0.2) is 59.6 Å². The number of ether oxygens (including phenoxy) is 2. The SMILES string of the molecule is CCC/C=C/CCCCCO[C@H]1[C@@H]([C@@H](O)CO)OC[C@H]1O. The van der Waals surface area contributed by atoms with Gasteiger partial charge in [0.2, 0.25) is 0 Å². The summed E-state index contributed by atoms with van der Waals surface area (Å²) >= 11 is 0. The Morgan fingerprint density at radius 1 is 1.24 bits per heavy atom. The third-order valence-corrected chi connectivity index (χ3v) is 3.68. The summed E-state index contributed by atoms with van der Waals surface area (Å²) in [6.07, 6.45) is 8.12. The smallest absolute Gasteiger partial charge is 0.114 e. The van der Waals surface area contributed by atoms with Crippen LogP contribution in [0.4, 0.5) is 0 Å². The van der Waals surface area contributed by atoms with Gasteiger partial charge in [0.15, 0.2) is 0 Å². The summed E-state index contributed by atoms with van der Waals surface area (Å²) in [5.41, 5.74) is 0. The molecule has 3 N–H and O–H groups in total. The summed E-state index contributed by atoms with van der Waals surface area (Å²) in [5.74, 6) is 0. The summed E-state index contributed by atoms with van der Waals surface area (Å²) in [7, 11) is 0. The van der Waals surface area contributed by atoms with Crippen LogP contribution in [0.1, 0.15) is 45.4 Å². The molecule has 0 aliphatic carbocycles. The molecule has 1 rings (SSSR count). The molecule has 5 nitrogen and oxygen atoms in total. The zero-order valence-electron chi connectivity index (χ0n) is 13.0. The Kier molecular flexibility index (Phi) is 9.87. The minimum absolute atomic E-state index is 0.147. The highest BCUT2D eigenvalue weighted by molar-refractivity contribution is 4.89. The van der Waals surface area contributed by atoms with Crippen molar-refractivity contribution >= 4 is 0 Å². The average Bonchev–Trinajstić information content (AvgIpc) is 2.86. The predicted octanol–water partition coefficient (Wildman–Crippen LogP) is 1.40. The largest absolute Gasteiger partial charge is 0.394 e. The molecule has 0 aromatic rings. The summed E-state index contributed by atoms with van der Waals surface area (Å²) in [6, 6.07) is 0. The molecule has 0 aromatic carbocycles. The first-order valence-corrected chi connectivity index (χ1v) is 8.05. The summed E-state index contributed by atoms with van der Waals surface area (Å²) in [6.45, 7) is 2.47. The Labute approximate surface area is 127 Å². The molecule has 21 heavy (non-hydrogen) atoms. The first-order chi connectivity index (χ1) is 10.2. The topological polar surface area (TPSA) is 79.2 Å². The minimum Gasteiger partial charge on any atom is -0.394 e. The van der Waals surface area contributed by atoms with E-state index in [0.717, 1.165) is 32.1 Å². The second kappa shape index (κ2) is 11.2. The highest BCUT2D eigenvalue weighted by atomic mass is 16.6. The monoisotopic (exact) mass is 302 g/mol. The van der Waals surface area contributed by atoms with Crippen molar-refractivity contribution in [1.29, 1.82) is 0 Å². The van der Waals surface area contributed by atoms with Gasteiger partial charge >= 0.3 is 0 Å². The van der Waals surface area contributed by atoms with Crippen molar-refractivity contribution in [2.75, 3.05) is 19.8 Å². The van der Waals surface area contributed by atoms with Gasteiger partial charge in [-0.1, -0.05) is 31.9 Å². The van der Waals surface area contributed by atoms with Crippen LogP contribution in [0.3, 0.4) is 0 Å². The lowest BCUT2D eigenvalue weighted by atomic mass is 10.1. The Balaban J connectivity index is 2.10. The van der Waals surface area contributed by atoms with Crippen LogP contribution in [0.2, 0.25) is 0 Å². The van der Waals surface area contributed by atoms with Gasteiger partial charge in [-0.15, -0.1) is 0 Å². The molecule has 0 amide bonds. The summed E-state index contributed by atoms with van der Waals surface area (Å²) in [4.78, 5) is 0. The van der Waals surface area contributed by atoms with E-state index in [0.29, 0.717) is 6.61 Å². The third kappa shape index (κ3) is 6.89. The van der Waals surface area contributed by atoms with Crippen molar-refractivity contribution in [2.24, 2.45) is 0 Å². The molecule has 1 saturated heterocycles. The highest BCUT2D eigenvalue weighted by Gasteiger charge is 2.40. The molecule has 124 valence electrons. The second-order valence-electron chi connectivity index (χ2n) is 5.56. The van der Waals surface area contributed by atoms with Crippen LogP contribution in [0, 0.1) is 0 Å². The van der Waals surface area contributed by atoms with E-state index in [1.165, 1.54) is 6.42 Å². The molecule has 1 fully saturated rings. The van der Waals surface area contributed by atoms with Gasteiger partial charge in [-0.05, 0) is 25.7 Å². The number of rotatable bonds is 11. The molecule has 0 aromatic heterocycles. The number of aliphatic hydroxyl groups is 3. The van der Waals surface area contributed by atoms with Gasteiger partial charge in [0.05, 0.1) is 13.2 Å². The molecule has 0 unspecified atom stereocenters. The van der Waals surface area contributed by atoms with Crippen molar-refractivity contribution in [3.8, 4) is 0 Å². The quantitative estimate of drug-likeness (QED) is 0.397. The molecule has 1 aliphatic rings. The van der Waals surface area contributed by atoms with E-state index in [1.807, 2.05) is 0 Å². The van der Waals surface area contributed by atoms with Gasteiger partial charge in [-0.3, -0.25) is 0 Å². The predicted molar refractivity (Wildman–Crippen MR) is 81.1 cm³/mol. The van der Waals surface area contributed by atoms with E-state index in [1.54, 1.807) is 0 Å². The molecular formula is C16H30O5. The minimum atomic E-state index is -1.00. The molecule has 0 saturated carbocycles. The maximum atomic E-state index is 9.78. The van der Waals surface area contributed by atoms with Crippen molar-refractivity contribution in [2.45, 2.75) is 69.9 Å². The van der Waals surface area contributed by atoms with E-state index in [2.05, 4.69) is 19.1 Å². The van der Waals surface area contributed by atoms with Crippen LogP contribution < -0.4 is 0 Å². The number of allylic oxidation sites excluding steroid dienone is 2. The summed E-state index contributed by atoms with van der Waals surface area (Å²) < 4.78 is 10.9. The lowest BCUT2D eigenvalue weighted by Crippen LogP contribution is -2.42. The Morgan fingerprint density at radius 2 is 2.00 bits per heavy atom. The summed E-state index contributed by atoms with van der Waals surface area (Å²) in [5, 5.41) is 28.3. The number of aliphatic hydroxyl groups excluding tert-OH is 3. The van der Waals surface area contributed by atoms with Crippen LogP contribution in [-0.2, 0) is 9.47 Å². The zero-order chi connectivity index (χ0) is 15.5. The van der Waals surface area contributed by atoms with E-state index >= 15 is 0 Å². The molecule has 5 heteroatoms. The Bertz CT molecular complexity index is 282. The van der Waals surface area contributed by atoms with Gasteiger partial charge in [-0.2, -0.15) is 0 Å². The van der Waals surface area contributed by atoms with Crippen LogP contribution in [0.25, 0.3) is 0 Å². The normalized spacial score (nSPS) is 27.5. The third-order valence-electron chi connectivity index (χ3n) is 3.68. The number of unbranched alkanes of at least 4 members (excludes halogenated alkanes) is 4. The van der Waals surface area contributed by atoms with E-state index in [9.17, 15) is 10.2 Å². The average molecular weight is 302 g/mol. The van der Waals surface area contributed by atoms with Crippen molar-refractivity contribution < 1.29 is 24.8 Å². The van der Waals surface area contributed by atoms with Crippen molar-refractivity contribution in [3.63, 3.8) is 0 Å². The van der Waals surface area contributed by atoms with Gasteiger partial charge in [-0.25, -0.2) is 0 Å².